The fraction of sp³-hybridized carbons (Fsp3) is 0.133. The van der Waals surface area contributed by atoms with E-state index in [0.29, 0.717) is 5.15 Å². The normalized spacial score (nSPS) is 11.1. The molecule has 0 unspecified atom stereocenters. The van der Waals surface area contributed by atoms with Crippen molar-refractivity contribution in [3.05, 3.63) is 63.9 Å². The van der Waals surface area contributed by atoms with Crippen molar-refractivity contribution in [3.63, 3.8) is 0 Å². The monoisotopic (exact) mass is 290 g/mol. The Morgan fingerprint density at radius 1 is 1.05 bits per heavy atom. The second-order valence-electron chi connectivity index (χ2n) is 4.57. The van der Waals surface area contributed by atoms with Crippen LogP contribution in [0.4, 0.5) is 0 Å². The van der Waals surface area contributed by atoms with Crippen molar-refractivity contribution in [1.29, 1.82) is 0 Å². The lowest BCUT2D eigenvalue weighted by Crippen LogP contribution is -1.99. The fourth-order valence-electron chi connectivity index (χ4n) is 2.22. The highest BCUT2D eigenvalue weighted by molar-refractivity contribution is 6.30. The standard InChI is InChI=1S/C15H12Cl2N2/c1-10-8-19(9-11-2-4-12(16)5-3-11)15-13(10)6-7-14(17)18-15/h2-8H,9H2,1H3. The van der Waals surface area contributed by atoms with Crippen molar-refractivity contribution in [1.82, 2.24) is 9.55 Å². The van der Waals surface area contributed by atoms with Crippen molar-refractivity contribution in [3.8, 4) is 0 Å². The molecule has 0 saturated heterocycles. The van der Waals surface area contributed by atoms with Crippen LogP contribution < -0.4 is 0 Å². The first-order valence-corrected chi connectivity index (χ1v) is 6.75. The van der Waals surface area contributed by atoms with E-state index >= 15 is 0 Å². The van der Waals surface area contributed by atoms with Crippen LogP contribution in [0.25, 0.3) is 11.0 Å². The van der Waals surface area contributed by atoms with Crippen LogP contribution >= 0.6 is 23.2 Å². The third-order valence-corrected chi connectivity index (χ3v) is 3.62. The zero-order chi connectivity index (χ0) is 13.4. The van der Waals surface area contributed by atoms with E-state index in [4.69, 9.17) is 23.2 Å². The van der Waals surface area contributed by atoms with Gasteiger partial charge in [0.1, 0.15) is 10.8 Å². The minimum atomic E-state index is 0.517. The maximum Gasteiger partial charge on any atom is 0.142 e. The summed E-state index contributed by atoms with van der Waals surface area (Å²) in [5.41, 5.74) is 3.30. The van der Waals surface area contributed by atoms with Gasteiger partial charge in [-0.1, -0.05) is 35.3 Å². The van der Waals surface area contributed by atoms with Crippen LogP contribution in [-0.4, -0.2) is 9.55 Å². The molecular formula is C15H12Cl2N2. The lowest BCUT2D eigenvalue weighted by Gasteiger charge is -2.05. The molecule has 0 bridgehead atoms. The van der Waals surface area contributed by atoms with Crippen LogP contribution in [0.2, 0.25) is 10.2 Å². The summed E-state index contributed by atoms with van der Waals surface area (Å²) in [6, 6.07) is 11.7. The van der Waals surface area contributed by atoms with Gasteiger partial charge in [0, 0.05) is 23.2 Å². The molecule has 19 heavy (non-hydrogen) atoms. The summed E-state index contributed by atoms with van der Waals surface area (Å²) in [5.74, 6) is 0. The van der Waals surface area contributed by atoms with Crippen LogP contribution in [0.3, 0.4) is 0 Å². The van der Waals surface area contributed by atoms with E-state index in [-0.39, 0.29) is 0 Å². The minimum absolute atomic E-state index is 0.517. The summed E-state index contributed by atoms with van der Waals surface area (Å²) < 4.78 is 2.11. The smallest absolute Gasteiger partial charge is 0.142 e. The highest BCUT2D eigenvalue weighted by Crippen LogP contribution is 2.22. The second-order valence-corrected chi connectivity index (χ2v) is 5.40. The Hall–Kier alpha value is -1.51. The van der Waals surface area contributed by atoms with E-state index in [1.807, 2.05) is 36.4 Å². The van der Waals surface area contributed by atoms with E-state index in [2.05, 4.69) is 22.7 Å². The van der Waals surface area contributed by atoms with Gasteiger partial charge in [0.2, 0.25) is 0 Å². The van der Waals surface area contributed by atoms with Gasteiger partial charge < -0.3 is 4.57 Å². The van der Waals surface area contributed by atoms with Crippen molar-refractivity contribution in [2.75, 3.05) is 0 Å². The molecule has 2 nitrogen and oxygen atoms in total. The first kappa shape index (κ1) is 12.5. The van der Waals surface area contributed by atoms with Crippen molar-refractivity contribution >= 4 is 34.2 Å². The molecule has 3 rings (SSSR count). The van der Waals surface area contributed by atoms with Gasteiger partial charge in [-0.2, -0.15) is 0 Å². The SMILES string of the molecule is Cc1cn(Cc2ccc(Cl)cc2)c2nc(Cl)ccc12. The van der Waals surface area contributed by atoms with Gasteiger partial charge in [-0.3, -0.25) is 0 Å². The predicted octanol–water partition coefficient (Wildman–Crippen LogP) is 4.70. The summed E-state index contributed by atoms with van der Waals surface area (Å²) in [4.78, 5) is 4.41. The number of pyridine rings is 1. The van der Waals surface area contributed by atoms with Gasteiger partial charge in [-0.15, -0.1) is 0 Å². The molecule has 0 atom stereocenters. The molecular weight excluding hydrogens is 279 g/mol. The maximum absolute atomic E-state index is 5.98. The number of hydrogen-bond acceptors (Lipinski definition) is 1. The molecule has 0 amide bonds. The van der Waals surface area contributed by atoms with E-state index < -0.39 is 0 Å². The van der Waals surface area contributed by atoms with E-state index in [9.17, 15) is 0 Å². The number of halogens is 2. The highest BCUT2D eigenvalue weighted by atomic mass is 35.5. The lowest BCUT2D eigenvalue weighted by atomic mass is 10.2. The molecule has 0 aliphatic carbocycles. The molecule has 0 aliphatic heterocycles. The molecule has 0 fully saturated rings. The summed E-state index contributed by atoms with van der Waals surface area (Å²) >= 11 is 11.9. The Labute approximate surface area is 121 Å². The molecule has 1 aromatic carbocycles. The largest absolute Gasteiger partial charge is 0.328 e. The minimum Gasteiger partial charge on any atom is -0.328 e. The van der Waals surface area contributed by atoms with Crippen molar-refractivity contribution in [2.45, 2.75) is 13.5 Å². The molecule has 2 heterocycles. The third-order valence-electron chi connectivity index (χ3n) is 3.15. The summed E-state index contributed by atoms with van der Waals surface area (Å²) in [7, 11) is 0. The summed E-state index contributed by atoms with van der Waals surface area (Å²) in [6.45, 7) is 2.84. The van der Waals surface area contributed by atoms with Crippen LogP contribution in [0.1, 0.15) is 11.1 Å². The maximum atomic E-state index is 5.98. The van der Waals surface area contributed by atoms with Crippen LogP contribution in [0.15, 0.2) is 42.6 Å². The predicted molar refractivity (Wildman–Crippen MR) is 80.0 cm³/mol. The van der Waals surface area contributed by atoms with E-state index in [1.165, 1.54) is 11.1 Å². The number of aryl methyl sites for hydroxylation is 1. The average Bonchev–Trinajstić information content (AvgIpc) is 2.69. The van der Waals surface area contributed by atoms with E-state index in [0.717, 1.165) is 22.6 Å². The van der Waals surface area contributed by atoms with Crippen molar-refractivity contribution < 1.29 is 0 Å². The number of rotatable bonds is 2. The zero-order valence-electron chi connectivity index (χ0n) is 10.4. The number of fused-ring (bicyclic) bond motifs is 1. The fourth-order valence-corrected chi connectivity index (χ4v) is 2.49. The highest BCUT2D eigenvalue weighted by Gasteiger charge is 2.07. The molecule has 0 spiro atoms. The van der Waals surface area contributed by atoms with Gasteiger partial charge in [0.05, 0.1) is 0 Å². The van der Waals surface area contributed by atoms with Crippen LogP contribution in [0, 0.1) is 6.92 Å². The quantitative estimate of drug-likeness (QED) is 0.626. The Morgan fingerprint density at radius 2 is 1.79 bits per heavy atom. The summed E-state index contributed by atoms with van der Waals surface area (Å²) in [6.07, 6.45) is 2.10. The van der Waals surface area contributed by atoms with Gasteiger partial charge in [0.15, 0.2) is 0 Å². The second kappa shape index (κ2) is 4.87. The van der Waals surface area contributed by atoms with Gasteiger partial charge in [-0.25, -0.2) is 4.98 Å². The Balaban J connectivity index is 2.05. The molecule has 4 heteroatoms. The van der Waals surface area contributed by atoms with Crippen LogP contribution in [0.5, 0.6) is 0 Å². The lowest BCUT2D eigenvalue weighted by molar-refractivity contribution is 0.823. The molecule has 0 N–H and O–H groups in total. The number of benzene rings is 1. The molecule has 0 saturated carbocycles. The molecule has 2 aromatic heterocycles. The molecule has 0 aliphatic rings. The number of aromatic nitrogens is 2. The summed E-state index contributed by atoms with van der Waals surface area (Å²) in [5, 5.41) is 2.40. The molecule has 3 aromatic rings. The number of hydrogen-bond donors (Lipinski definition) is 0. The Morgan fingerprint density at radius 3 is 2.53 bits per heavy atom. The zero-order valence-corrected chi connectivity index (χ0v) is 11.9. The third kappa shape index (κ3) is 2.46. The van der Waals surface area contributed by atoms with Gasteiger partial charge in [-0.05, 0) is 42.3 Å². The molecule has 0 radical (unpaired) electrons. The van der Waals surface area contributed by atoms with Gasteiger partial charge in [0.25, 0.3) is 0 Å². The van der Waals surface area contributed by atoms with Crippen LogP contribution in [-0.2, 0) is 6.54 Å². The topological polar surface area (TPSA) is 17.8 Å². The van der Waals surface area contributed by atoms with Gasteiger partial charge >= 0.3 is 0 Å². The Bertz CT molecular complexity index is 730. The van der Waals surface area contributed by atoms with E-state index in [1.54, 1.807) is 0 Å². The first-order valence-electron chi connectivity index (χ1n) is 6.00. The molecule has 96 valence electrons. The first-order chi connectivity index (χ1) is 9.13. The van der Waals surface area contributed by atoms with Crippen molar-refractivity contribution in [2.24, 2.45) is 0 Å². The average molecular weight is 291 g/mol. The Kier molecular flexibility index (Phi) is 3.21. The number of nitrogens with zero attached hydrogens (tertiary/aromatic N) is 2.